The van der Waals surface area contributed by atoms with Gasteiger partial charge in [0, 0.05) is 5.02 Å². The van der Waals surface area contributed by atoms with Crippen molar-refractivity contribution in [3.05, 3.63) is 58.6 Å². The maximum atomic E-state index is 13.2. The van der Waals surface area contributed by atoms with Crippen LogP contribution in [0.15, 0.2) is 42.5 Å². The van der Waals surface area contributed by atoms with Crippen LogP contribution in [-0.2, 0) is 17.4 Å². The van der Waals surface area contributed by atoms with Crippen LogP contribution in [0.1, 0.15) is 30.4 Å². The highest BCUT2D eigenvalue weighted by atomic mass is 35.5. The number of alkyl halides is 3. The van der Waals surface area contributed by atoms with Gasteiger partial charge in [0.15, 0.2) is 0 Å². The molecule has 0 aromatic heterocycles. The van der Waals surface area contributed by atoms with Gasteiger partial charge in [-0.3, -0.25) is 9.69 Å². The molecule has 0 unspecified atom stereocenters. The van der Waals surface area contributed by atoms with E-state index in [1.54, 1.807) is 12.1 Å². The molecule has 8 heteroatoms. The Kier molecular flexibility index (Phi) is 7.26. The van der Waals surface area contributed by atoms with Crippen LogP contribution >= 0.6 is 11.6 Å². The Bertz CT molecular complexity index is 864. The number of hydrogen-bond acceptors (Lipinski definition) is 3. The van der Waals surface area contributed by atoms with Crippen molar-refractivity contribution in [2.45, 2.75) is 31.9 Å². The van der Waals surface area contributed by atoms with E-state index < -0.39 is 17.6 Å². The number of phenolic OH excluding ortho intramolecular Hbond substituents is 1. The van der Waals surface area contributed by atoms with Gasteiger partial charge in [0.25, 0.3) is 0 Å². The molecule has 30 heavy (non-hydrogen) atoms. The smallest absolute Gasteiger partial charge is 0.418 e. The maximum absolute atomic E-state index is 13.2. The molecule has 1 fully saturated rings. The SMILES string of the molecule is O=C(CN1CCC(CCc2ccc(O)cc2)CC1)Nc1ccc(Cl)cc1C(F)(F)F. The average molecular weight is 441 g/mol. The number of benzene rings is 2. The topological polar surface area (TPSA) is 52.6 Å². The van der Waals surface area contributed by atoms with Crippen molar-refractivity contribution < 1.29 is 23.1 Å². The first-order chi connectivity index (χ1) is 14.2. The predicted molar refractivity (Wildman–Crippen MR) is 111 cm³/mol. The van der Waals surface area contributed by atoms with Gasteiger partial charge in [-0.1, -0.05) is 23.7 Å². The summed E-state index contributed by atoms with van der Waals surface area (Å²) in [6.07, 6.45) is -0.740. The number of aromatic hydroxyl groups is 1. The normalized spacial score (nSPS) is 15.9. The zero-order chi connectivity index (χ0) is 21.7. The predicted octanol–water partition coefficient (Wildman–Crippen LogP) is 5.35. The number of carbonyl (C=O) groups excluding carboxylic acids is 1. The van der Waals surface area contributed by atoms with Crippen LogP contribution < -0.4 is 5.32 Å². The Morgan fingerprint density at radius 3 is 2.43 bits per heavy atom. The van der Waals surface area contributed by atoms with Gasteiger partial charge >= 0.3 is 6.18 Å². The molecular weight excluding hydrogens is 417 g/mol. The molecule has 2 N–H and O–H groups in total. The van der Waals surface area contributed by atoms with E-state index in [4.69, 9.17) is 11.6 Å². The van der Waals surface area contributed by atoms with Crippen LogP contribution in [0.2, 0.25) is 5.02 Å². The highest BCUT2D eigenvalue weighted by molar-refractivity contribution is 6.30. The minimum atomic E-state index is -4.59. The standard InChI is InChI=1S/C22H24ClF3N2O2/c23-17-5-8-20(19(13-17)22(24,25)26)27-21(30)14-28-11-9-16(10-12-28)2-1-15-3-6-18(29)7-4-15/h3-8,13,16,29H,1-2,9-12,14H2,(H,27,30). The number of rotatable bonds is 6. The minimum Gasteiger partial charge on any atom is -0.508 e. The lowest BCUT2D eigenvalue weighted by molar-refractivity contribution is -0.137. The van der Waals surface area contributed by atoms with E-state index in [-0.39, 0.29) is 23.0 Å². The summed E-state index contributed by atoms with van der Waals surface area (Å²) in [6, 6.07) is 10.5. The van der Waals surface area contributed by atoms with Crippen LogP contribution in [0.5, 0.6) is 5.75 Å². The van der Waals surface area contributed by atoms with Crippen molar-refractivity contribution in [1.29, 1.82) is 0 Å². The molecule has 1 aliphatic rings. The zero-order valence-electron chi connectivity index (χ0n) is 16.4. The van der Waals surface area contributed by atoms with Crippen LogP contribution in [0.25, 0.3) is 0 Å². The second kappa shape index (κ2) is 9.71. The van der Waals surface area contributed by atoms with Crippen molar-refractivity contribution in [2.75, 3.05) is 25.0 Å². The quantitative estimate of drug-likeness (QED) is 0.636. The largest absolute Gasteiger partial charge is 0.508 e. The van der Waals surface area contributed by atoms with Crippen molar-refractivity contribution in [1.82, 2.24) is 4.90 Å². The number of likely N-dealkylation sites (tertiary alicyclic amines) is 1. The Hall–Kier alpha value is -2.25. The van der Waals surface area contributed by atoms with Crippen LogP contribution in [0.4, 0.5) is 18.9 Å². The van der Waals surface area contributed by atoms with Crippen LogP contribution in [0.3, 0.4) is 0 Å². The molecule has 0 aliphatic carbocycles. The lowest BCUT2D eigenvalue weighted by Crippen LogP contribution is -2.39. The van der Waals surface area contributed by atoms with Gasteiger partial charge in [0.05, 0.1) is 17.8 Å². The third kappa shape index (κ3) is 6.37. The average Bonchev–Trinajstić information content (AvgIpc) is 2.69. The summed E-state index contributed by atoms with van der Waals surface area (Å²) in [4.78, 5) is 14.3. The van der Waals surface area contributed by atoms with Crippen LogP contribution in [-0.4, -0.2) is 35.5 Å². The molecule has 0 spiro atoms. The number of aryl methyl sites for hydroxylation is 1. The number of carbonyl (C=O) groups is 1. The fraction of sp³-hybridized carbons (Fsp3) is 0.409. The van der Waals surface area contributed by atoms with Gasteiger partial charge < -0.3 is 10.4 Å². The zero-order valence-corrected chi connectivity index (χ0v) is 17.1. The van der Waals surface area contributed by atoms with Crippen molar-refractivity contribution in [2.24, 2.45) is 5.92 Å². The van der Waals surface area contributed by atoms with Crippen molar-refractivity contribution in [3.8, 4) is 5.75 Å². The number of nitrogens with one attached hydrogen (secondary N) is 1. The Balaban J connectivity index is 1.46. The Labute approximate surface area is 178 Å². The molecule has 2 aromatic rings. The number of hydrogen-bond donors (Lipinski definition) is 2. The summed E-state index contributed by atoms with van der Waals surface area (Å²) in [5.41, 5.74) is -0.0463. The molecule has 0 radical (unpaired) electrons. The summed E-state index contributed by atoms with van der Waals surface area (Å²) in [6.45, 7) is 1.53. The monoisotopic (exact) mass is 440 g/mol. The summed E-state index contributed by atoms with van der Waals surface area (Å²) >= 11 is 5.67. The Morgan fingerprint density at radius 1 is 1.13 bits per heavy atom. The molecule has 2 aromatic carbocycles. The number of halogens is 4. The van der Waals surface area contributed by atoms with E-state index in [1.807, 2.05) is 17.0 Å². The lowest BCUT2D eigenvalue weighted by Gasteiger charge is -2.31. The van der Waals surface area contributed by atoms with Gasteiger partial charge in [-0.15, -0.1) is 0 Å². The second-order valence-electron chi connectivity index (χ2n) is 7.66. The molecule has 162 valence electrons. The van der Waals surface area contributed by atoms with E-state index in [0.29, 0.717) is 5.92 Å². The van der Waals surface area contributed by atoms with E-state index in [9.17, 15) is 23.1 Å². The van der Waals surface area contributed by atoms with E-state index in [1.165, 1.54) is 17.7 Å². The molecule has 1 heterocycles. The first-order valence-corrected chi connectivity index (χ1v) is 10.3. The van der Waals surface area contributed by atoms with E-state index in [0.717, 1.165) is 44.8 Å². The summed E-state index contributed by atoms with van der Waals surface area (Å²) in [5, 5.41) is 11.7. The number of anilines is 1. The number of amides is 1. The Morgan fingerprint density at radius 2 is 1.80 bits per heavy atom. The van der Waals surface area contributed by atoms with Gasteiger partial charge in [0.1, 0.15) is 5.75 Å². The fourth-order valence-electron chi connectivity index (χ4n) is 3.72. The molecule has 1 saturated heterocycles. The maximum Gasteiger partial charge on any atom is 0.418 e. The number of piperidine rings is 1. The highest BCUT2D eigenvalue weighted by Gasteiger charge is 2.34. The summed E-state index contributed by atoms with van der Waals surface area (Å²) in [7, 11) is 0. The fourth-order valence-corrected chi connectivity index (χ4v) is 3.89. The van der Waals surface area contributed by atoms with Gasteiger partial charge in [-0.25, -0.2) is 0 Å². The van der Waals surface area contributed by atoms with E-state index in [2.05, 4.69) is 5.32 Å². The number of nitrogens with zero attached hydrogens (tertiary/aromatic N) is 1. The molecule has 1 aliphatic heterocycles. The third-order valence-corrected chi connectivity index (χ3v) is 5.65. The van der Waals surface area contributed by atoms with Gasteiger partial charge in [-0.2, -0.15) is 13.2 Å². The molecular formula is C22H24ClF3N2O2. The summed E-state index contributed by atoms with van der Waals surface area (Å²) in [5.74, 6) is 0.336. The minimum absolute atomic E-state index is 0.0327. The first-order valence-electron chi connectivity index (χ1n) is 9.87. The number of phenols is 1. The van der Waals surface area contributed by atoms with E-state index >= 15 is 0 Å². The van der Waals surface area contributed by atoms with Gasteiger partial charge in [0.2, 0.25) is 5.91 Å². The second-order valence-corrected chi connectivity index (χ2v) is 8.10. The molecule has 3 rings (SSSR count). The van der Waals surface area contributed by atoms with Gasteiger partial charge in [-0.05, 0) is 80.6 Å². The molecule has 0 bridgehead atoms. The first kappa shape index (κ1) is 22.4. The molecule has 0 atom stereocenters. The lowest BCUT2D eigenvalue weighted by atomic mass is 9.90. The summed E-state index contributed by atoms with van der Waals surface area (Å²) < 4.78 is 39.5. The van der Waals surface area contributed by atoms with Crippen molar-refractivity contribution >= 4 is 23.2 Å². The van der Waals surface area contributed by atoms with Crippen LogP contribution in [0, 0.1) is 5.92 Å². The molecule has 0 saturated carbocycles. The molecule has 1 amide bonds. The molecule has 4 nitrogen and oxygen atoms in total. The third-order valence-electron chi connectivity index (χ3n) is 5.41. The van der Waals surface area contributed by atoms with Crippen molar-refractivity contribution in [3.63, 3.8) is 0 Å². The highest BCUT2D eigenvalue weighted by Crippen LogP contribution is 2.36.